The summed E-state index contributed by atoms with van der Waals surface area (Å²) in [6, 6.07) is 15.3. The van der Waals surface area contributed by atoms with E-state index in [2.05, 4.69) is 20.5 Å². The predicted molar refractivity (Wildman–Crippen MR) is 91.5 cm³/mol. The fourth-order valence-corrected chi connectivity index (χ4v) is 2.83. The molecular formula is C17H16N4OS. The molecule has 0 atom stereocenters. The highest BCUT2D eigenvalue weighted by molar-refractivity contribution is 7.98. The SMILES string of the molecule is Cc1cccc(NC(=O)c2ccc(CSc3ncn[nH]3)cc2)c1. The molecule has 0 aliphatic heterocycles. The van der Waals surface area contributed by atoms with Gasteiger partial charge in [0, 0.05) is 17.0 Å². The quantitative estimate of drug-likeness (QED) is 0.703. The molecule has 2 N–H and O–H groups in total. The summed E-state index contributed by atoms with van der Waals surface area (Å²) < 4.78 is 0. The van der Waals surface area contributed by atoms with Crippen molar-refractivity contribution in [1.82, 2.24) is 15.2 Å². The number of thioether (sulfide) groups is 1. The summed E-state index contributed by atoms with van der Waals surface area (Å²) in [6.07, 6.45) is 1.49. The monoisotopic (exact) mass is 324 g/mol. The average Bonchev–Trinajstić information content (AvgIpc) is 3.07. The number of carbonyl (C=O) groups excluding carboxylic acids is 1. The number of aryl methyl sites for hydroxylation is 1. The van der Waals surface area contributed by atoms with Crippen LogP contribution in [-0.2, 0) is 5.75 Å². The van der Waals surface area contributed by atoms with Gasteiger partial charge in [0.2, 0.25) is 0 Å². The zero-order valence-corrected chi connectivity index (χ0v) is 13.4. The molecule has 3 aromatic rings. The summed E-state index contributed by atoms with van der Waals surface area (Å²) >= 11 is 1.57. The van der Waals surface area contributed by atoms with Gasteiger partial charge in [0.05, 0.1) is 0 Å². The number of rotatable bonds is 5. The summed E-state index contributed by atoms with van der Waals surface area (Å²) in [5.41, 5.74) is 3.68. The summed E-state index contributed by atoms with van der Waals surface area (Å²) in [4.78, 5) is 16.3. The van der Waals surface area contributed by atoms with Gasteiger partial charge in [0.1, 0.15) is 6.33 Å². The molecule has 0 spiro atoms. The zero-order chi connectivity index (χ0) is 16.1. The number of carbonyl (C=O) groups is 1. The van der Waals surface area contributed by atoms with E-state index >= 15 is 0 Å². The van der Waals surface area contributed by atoms with E-state index in [1.165, 1.54) is 6.33 Å². The Morgan fingerprint density at radius 1 is 1.22 bits per heavy atom. The number of H-pyrrole nitrogens is 1. The van der Waals surface area contributed by atoms with Crippen molar-refractivity contribution in [3.05, 3.63) is 71.5 Å². The summed E-state index contributed by atoms with van der Waals surface area (Å²) in [5, 5.41) is 10.3. The van der Waals surface area contributed by atoms with Gasteiger partial charge in [-0.2, -0.15) is 5.10 Å². The van der Waals surface area contributed by atoms with Crippen molar-refractivity contribution in [2.75, 3.05) is 5.32 Å². The number of hydrogen-bond donors (Lipinski definition) is 2. The molecule has 0 fully saturated rings. The number of benzene rings is 2. The van der Waals surface area contributed by atoms with Gasteiger partial charge in [0.25, 0.3) is 5.91 Å². The number of amides is 1. The minimum absolute atomic E-state index is 0.106. The Bertz CT molecular complexity index is 785. The van der Waals surface area contributed by atoms with Crippen LogP contribution in [0.15, 0.2) is 60.0 Å². The van der Waals surface area contributed by atoms with Crippen LogP contribution < -0.4 is 5.32 Å². The van der Waals surface area contributed by atoms with E-state index in [1.807, 2.05) is 55.5 Å². The van der Waals surface area contributed by atoms with E-state index in [0.29, 0.717) is 5.56 Å². The van der Waals surface area contributed by atoms with Gasteiger partial charge >= 0.3 is 0 Å². The van der Waals surface area contributed by atoms with Crippen LogP contribution in [0.1, 0.15) is 21.5 Å². The molecule has 0 aliphatic carbocycles. The number of anilines is 1. The summed E-state index contributed by atoms with van der Waals surface area (Å²) in [5.74, 6) is 0.666. The largest absolute Gasteiger partial charge is 0.322 e. The molecule has 1 heterocycles. The molecule has 5 nitrogen and oxygen atoms in total. The first kappa shape index (κ1) is 15.3. The predicted octanol–water partition coefficient (Wildman–Crippen LogP) is 3.66. The van der Waals surface area contributed by atoms with Gasteiger partial charge in [-0.1, -0.05) is 36.0 Å². The molecular weight excluding hydrogens is 308 g/mol. The zero-order valence-electron chi connectivity index (χ0n) is 12.6. The molecule has 23 heavy (non-hydrogen) atoms. The number of aromatic amines is 1. The molecule has 2 aromatic carbocycles. The van der Waals surface area contributed by atoms with Crippen LogP contribution in [0.2, 0.25) is 0 Å². The Labute approximate surface area is 138 Å². The molecule has 0 bridgehead atoms. The highest BCUT2D eigenvalue weighted by atomic mass is 32.2. The van der Waals surface area contributed by atoms with Gasteiger partial charge in [-0.05, 0) is 42.3 Å². The van der Waals surface area contributed by atoms with Crippen LogP contribution in [0.4, 0.5) is 5.69 Å². The molecule has 0 unspecified atom stereocenters. The lowest BCUT2D eigenvalue weighted by Gasteiger charge is -2.07. The molecule has 0 saturated heterocycles. The van der Waals surface area contributed by atoms with Crippen LogP contribution in [0.3, 0.4) is 0 Å². The maximum Gasteiger partial charge on any atom is 0.255 e. The molecule has 6 heteroatoms. The molecule has 0 radical (unpaired) electrons. The highest BCUT2D eigenvalue weighted by Gasteiger charge is 2.06. The third-order valence-electron chi connectivity index (χ3n) is 3.26. The fraction of sp³-hybridized carbons (Fsp3) is 0.118. The number of nitrogens with zero attached hydrogens (tertiary/aromatic N) is 2. The smallest absolute Gasteiger partial charge is 0.255 e. The average molecular weight is 324 g/mol. The lowest BCUT2D eigenvalue weighted by Crippen LogP contribution is -2.11. The maximum atomic E-state index is 12.2. The number of aromatic nitrogens is 3. The first-order valence-electron chi connectivity index (χ1n) is 7.16. The Morgan fingerprint density at radius 3 is 2.74 bits per heavy atom. The van der Waals surface area contributed by atoms with E-state index in [9.17, 15) is 4.79 Å². The second kappa shape index (κ2) is 7.11. The van der Waals surface area contributed by atoms with Crippen molar-refractivity contribution in [1.29, 1.82) is 0 Å². The minimum atomic E-state index is -0.106. The van der Waals surface area contributed by atoms with Crippen LogP contribution in [-0.4, -0.2) is 21.1 Å². The van der Waals surface area contributed by atoms with E-state index in [0.717, 1.165) is 27.7 Å². The Kier molecular flexibility index (Phi) is 4.73. The van der Waals surface area contributed by atoms with Gasteiger partial charge in [0.15, 0.2) is 5.16 Å². The Morgan fingerprint density at radius 2 is 2.04 bits per heavy atom. The van der Waals surface area contributed by atoms with Gasteiger partial charge in [-0.25, -0.2) is 4.98 Å². The van der Waals surface area contributed by atoms with Crippen molar-refractivity contribution >= 4 is 23.4 Å². The van der Waals surface area contributed by atoms with Crippen molar-refractivity contribution in [3.63, 3.8) is 0 Å². The van der Waals surface area contributed by atoms with E-state index in [1.54, 1.807) is 11.8 Å². The number of hydrogen-bond acceptors (Lipinski definition) is 4. The second-order valence-electron chi connectivity index (χ2n) is 5.10. The lowest BCUT2D eigenvalue weighted by molar-refractivity contribution is 0.102. The summed E-state index contributed by atoms with van der Waals surface area (Å²) in [6.45, 7) is 2.00. The van der Waals surface area contributed by atoms with Crippen LogP contribution in [0.5, 0.6) is 0 Å². The summed E-state index contributed by atoms with van der Waals surface area (Å²) in [7, 11) is 0. The van der Waals surface area contributed by atoms with E-state index in [-0.39, 0.29) is 5.91 Å². The van der Waals surface area contributed by atoms with Gasteiger partial charge in [-0.3, -0.25) is 9.89 Å². The van der Waals surface area contributed by atoms with Crippen LogP contribution >= 0.6 is 11.8 Å². The normalized spacial score (nSPS) is 10.5. The van der Waals surface area contributed by atoms with Crippen molar-refractivity contribution in [2.24, 2.45) is 0 Å². The van der Waals surface area contributed by atoms with Crippen molar-refractivity contribution in [3.8, 4) is 0 Å². The van der Waals surface area contributed by atoms with Crippen molar-refractivity contribution in [2.45, 2.75) is 17.8 Å². The third-order valence-corrected chi connectivity index (χ3v) is 4.21. The highest BCUT2D eigenvalue weighted by Crippen LogP contribution is 2.19. The van der Waals surface area contributed by atoms with E-state index < -0.39 is 0 Å². The standard InChI is InChI=1S/C17H16N4OS/c1-12-3-2-4-15(9-12)20-16(22)14-7-5-13(6-8-14)10-23-17-18-11-19-21-17/h2-9,11H,10H2,1H3,(H,20,22)(H,18,19,21). The lowest BCUT2D eigenvalue weighted by atomic mass is 10.1. The second-order valence-corrected chi connectivity index (χ2v) is 6.06. The fourth-order valence-electron chi connectivity index (χ4n) is 2.09. The van der Waals surface area contributed by atoms with Gasteiger partial charge in [-0.15, -0.1) is 0 Å². The van der Waals surface area contributed by atoms with Gasteiger partial charge < -0.3 is 5.32 Å². The van der Waals surface area contributed by atoms with E-state index in [4.69, 9.17) is 0 Å². The molecule has 0 saturated carbocycles. The molecule has 1 amide bonds. The molecule has 116 valence electrons. The van der Waals surface area contributed by atoms with Crippen LogP contribution in [0, 0.1) is 6.92 Å². The maximum absolute atomic E-state index is 12.2. The molecule has 0 aliphatic rings. The topological polar surface area (TPSA) is 70.7 Å². The Hall–Kier alpha value is -2.60. The first-order chi connectivity index (χ1) is 11.2. The Balaban J connectivity index is 1.61. The number of nitrogens with one attached hydrogen (secondary N) is 2. The first-order valence-corrected chi connectivity index (χ1v) is 8.14. The third kappa shape index (κ3) is 4.20. The minimum Gasteiger partial charge on any atom is -0.322 e. The van der Waals surface area contributed by atoms with Crippen LogP contribution in [0.25, 0.3) is 0 Å². The molecule has 3 rings (SSSR count). The molecule has 1 aromatic heterocycles. The van der Waals surface area contributed by atoms with Crippen molar-refractivity contribution < 1.29 is 4.79 Å².